The topological polar surface area (TPSA) is 29.1 Å². The Hall–Kier alpha value is -0.240. The maximum Gasteiger partial charge on any atom is 0.219 e. The molecule has 1 amide bonds. The van der Waals surface area contributed by atoms with Gasteiger partial charge in [-0.15, -0.1) is 11.6 Å². The van der Waals surface area contributed by atoms with Crippen molar-refractivity contribution in [3.8, 4) is 0 Å². The van der Waals surface area contributed by atoms with Gasteiger partial charge in [0.05, 0.1) is 0 Å². The number of nitrogens with one attached hydrogen (secondary N) is 1. The van der Waals surface area contributed by atoms with E-state index < -0.39 is 0 Å². The van der Waals surface area contributed by atoms with Crippen molar-refractivity contribution in [2.24, 2.45) is 0 Å². The zero-order valence-electron chi connectivity index (χ0n) is 6.48. The standard InChI is InChI=1S/C7H14ClNO/c1-3-7(10)9-5-4-6(2)8/h6H,3-5H2,1-2H3,(H,9,10). The third-order valence-electron chi connectivity index (χ3n) is 1.19. The number of hydrogen-bond acceptors (Lipinski definition) is 1. The lowest BCUT2D eigenvalue weighted by Crippen LogP contribution is -2.24. The summed E-state index contributed by atoms with van der Waals surface area (Å²) in [5.74, 6) is 0.0947. The van der Waals surface area contributed by atoms with Gasteiger partial charge in [0.25, 0.3) is 0 Å². The molecule has 0 aliphatic heterocycles. The Morgan fingerprint density at radius 3 is 2.70 bits per heavy atom. The molecule has 1 unspecified atom stereocenters. The molecule has 3 heteroatoms. The van der Waals surface area contributed by atoms with Crippen LogP contribution in [-0.4, -0.2) is 17.8 Å². The summed E-state index contributed by atoms with van der Waals surface area (Å²) in [4.78, 5) is 10.6. The van der Waals surface area contributed by atoms with Gasteiger partial charge in [-0.25, -0.2) is 0 Å². The normalized spacial score (nSPS) is 12.7. The Bertz CT molecular complexity index is 104. The smallest absolute Gasteiger partial charge is 0.219 e. The average molecular weight is 164 g/mol. The van der Waals surface area contributed by atoms with Gasteiger partial charge in [0.1, 0.15) is 0 Å². The first-order chi connectivity index (χ1) is 4.66. The monoisotopic (exact) mass is 163 g/mol. The molecule has 0 radical (unpaired) electrons. The van der Waals surface area contributed by atoms with Gasteiger partial charge in [0.15, 0.2) is 0 Å². The van der Waals surface area contributed by atoms with Gasteiger partial charge in [0.2, 0.25) is 5.91 Å². The van der Waals surface area contributed by atoms with E-state index in [1.807, 2.05) is 13.8 Å². The molecule has 0 aliphatic rings. The molecule has 1 N–H and O–H groups in total. The Balaban J connectivity index is 3.12. The molecule has 0 fully saturated rings. The van der Waals surface area contributed by atoms with E-state index in [2.05, 4.69) is 5.32 Å². The van der Waals surface area contributed by atoms with Crippen LogP contribution in [0, 0.1) is 0 Å². The minimum Gasteiger partial charge on any atom is -0.356 e. The maximum absolute atomic E-state index is 10.6. The molecular formula is C7H14ClNO. The quantitative estimate of drug-likeness (QED) is 0.626. The molecule has 1 atom stereocenters. The molecule has 0 saturated carbocycles. The predicted octanol–water partition coefficient (Wildman–Crippen LogP) is 1.53. The molecule has 0 aromatic rings. The number of alkyl halides is 1. The maximum atomic E-state index is 10.6. The summed E-state index contributed by atoms with van der Waals surface area (Å²) in [6.07, 6.45) is 1.39. The van der Waals surface area contributed by atoms with Crippen LogP contribution < -0.4 is 5.32 Å². The minimum atomic E-state index is 0.0947. The van der Waals surface area contributed by atoms with Gasteiger partial charge in [-0.05, 0) is 13.3 Å². The van der Waals surface area contributed by atoms with Crippen LogP contribution in [-0.2, 0) is 4.79 Å². The van der Waals surface area contributed by atoms with Gasteiger partial charge >= 0.3 is 0 Å². The highest BCUT2D eigenvalue weighted by atomic mass is 35.5. The first-order valence-electron chi connectivity index (χ1n) is 3.57. The molecule has 0 heterocycles. The summed E-state index contributed by atoms with van der Waals surface area (Å²) in [6, 6.07) is 0. The van der Waals surface area contributed by atoms with Crippen LogP contribution in [0.4, 0.5) is 0 Å². The molecule has 10 heavy (non-hydrogen) atoms. The van der Waals surface area contributed by atoms with Crippen molar-refractivity contribution >= 4 is 17.5 Å². The number of carbonyl (C=O) groups is 1. The molecule has 60 valence electrons. The highest BCUT2D eigenvalue weighted by Crippen LogP contribution is 1.97. The van der Waals surface area contributed by atoms with Gasteiger partial charge in [0, 0.05) is 18.3 Å². The summed E-state index contributed by atoms with van der Waals surface area (Å²) in [5, 5.41) is 2.89. The van der Waals surface area contributed by atoms with E-state index in [0.29, 0.717) is 13.0 Å². The highest BCUT2D eigenvalue weighted by molar-refractivity contribution is 6.20. The molecule has 0 aromatic heterocycles. The van der Waals surface area contributed by atoms with Gasteiger partial charge in [-0.3, -0.25) is 4.79 Å². The second-order valence-corrected chi connectivity index (χ2v) is 3.02. The lowest BCUT2D eigenvalue weighted by atomic mass is 10.3. The molecule has 0 aromatic carbocycles. The summed E-state index contributed by atoms with van der Waals surface area (Å²) < 4.78 is 0. The third kappa shape index (κ3) is 5.89. The fraction of sp³-hybridized carbons (Fsp3) is 0.857. The molecule has 2 nitrogen and oxygen atoms in total. The Labute approximate surface area is 66.9 Å². The van der Waals surface area contributed by atoms with Crippen molar-refractivity contribution in [2.75, 3.05) is 6.54 Å². The third-order valence-corrected chi connectivity index (χ3v) is 1.40. The Morgan fingerprint density at radius 1 is 1.70 bits per heavy atom. The average Bonchev–Trinajstić information content (AvgIpc) is 1.87. The number of halogens is 1. The number of amides is 1. The zero-order chi connectivity index (χ0) is 7.98. The van der Waals surface area contributed by atoms with Crippen LogP contribution in [0.3, 0.4) is 0 Å². The second-order valence-electron chi connectivity index (χ2n) is 2.27. The Morgan fingerprint density at radius 2 is 2.30 bits per heavy atom. The van der Waals surface area contributed by atoms with Gasteiger partial charge < -0.3 is 5.32 Å². The van der Waals surface area contributed by atoms with Crippen LogP contribution in [0.15, 0.2) is 0 Å². The van der Waals surface area contributed by atoms with Crippen LogP contribution in [0.25, 0.3) is 0 Å². The first kappa shape index (κ1) is 9.76. The van der Waals surface area contributed by atoms with Crippen molar-refractivity contribution in [1.82, 2.24) is 5.32 Å². The van der Waals surface area contributed by atoms with Crippen molar-refractivity contribution in [3.05, 3.63) is 0 Å². The van der Waals surface area contributed by atoms with Crippen molar-refractivity contribution in [2.45, 2.75) is 32.1 Å². The van der Waals surface area contributed by atoms with E-state index in [1.54, 1.807) is 0 Å². The van der Waals surface area contributed by atoms with Crippen LogP contribution >= 0.6 is 11.6 Å². The lowest BCUT2D eigenvalue weighted by Gasteiger charge is -2.03. The van der Waals surface area contributed by atoms with Gasteiger partial charge in [-0.2, -0.15) is 0 Å². The fourth-order valence-corrected chi connectivity index (χ4v) is 0.645. The molecule has 0 aliphatic carbocycles. The second kappa shape index (κ2) is 5.54. The van der Waals surface area contributed by atoms with Crippen LogP contribution in [0.5, 0.6) is 0 Å². The molecule has 0 spiro atoms. The van der Waals surface area contributed by atoms with E-state index in [9.17, 15) is 4.79 Å². The summed E-state index contributed by atoms with van der Waals surface area (Å²) >= 11 is 5.65. The largest absolute Gasteiger partial charge is 0.356 e. The molecular weight excluding hydrogens is 150 g/mol. The summed E-state index contributed by atoms with van der Waals surface area (Å²) in [5.41, 5.74) is 0. The minimum absolute atomic E-state index is 0.0947. The fourth-order valence-electron chi connectivity index (χ4n) is 0.535. The van der Waals surface area contributed by atoms with E-state index in [0.717, 1.165) is 6.42 Å². The van der Waals surface area contributed by atoms with Gasteiger partial charge in [-0.1, -0.05) is 6.92 Å². The zero-order valence-corrected chi connectivity index (χ0v) is 7.24. The van der Waals surface area contributed by atoms with Crippen LogP contribution in [0.2, 0.25) is 0 Å². The lowest BCUT2D eigenvalue weighted by molar-refractivity contribution is -0.120. The Kier molecular flexibility index (Phi) is 5.40. The van der Waals surface area contributed by atoms with E-state index in [1.165, 1.54) is 0 Å². The van der Waals surface area contributed by atoms with E-state index in [4.69, 9.17) is 11.6 Å². The number of hydrogen-bond donors (Lipinski definition) is 1. The SMILES string of the molecule is CCC(=O)NCCC(C)Cl. The predicted molar refractivity (Wildman–Crippen MR) is 43.2 cm³/mol. The molecule has 0 rings (SSSR count). The van der Waals surface area contributed by atoms with Crippen molar-refractivity contribution < 1.29 is 4.79 Å². The summed E-state index contributed by atoms with van der Waals surface area (Å²) in [6.45, 7) is 4.44. The highest BCUT2D eigenvalue weighted by Gasteiger charge is 1.97. The van der Waals surface area contributed by atoms with E-state index in [-0.39, 0.29) is 11.3 Å². The van der Waals surface area contributed by atoms with Crippen LogP contribution in [0.1, 0.15) is 26.7 Å². The molecule has 0 bridgehead atoms. The molecule has 0 saturated heterocycles. The summed E-state index contributed by atoms with van der Waals surface area (Å²) in [7, 11) is 0. The number of rotatable bonds is 4. The number of carbonyl (C=O) groups excluding carboxylic acids is 1. The first-order valence-corrected chi connectivity index (χ1v) is 4.01. The van der Waals surface area contributed by atoms with E-state index >= 15 is 0 Å². The van der Waals surface area contributed by atoms with Crippen molar-refractivity contribution in [3.63, 3.8) is 0 Å². The van der Waals surface area contributed by atoms with Crippen molar-refractivity contribution in [1.29, 1.82) is 0 Å².